The Morgan fingerprint density at radius 1 is 0.867 bits per heavy atom. The minimum absolute atomic E-state index is 0.262. The topological polar surface area (TPSA) is 24.3 Å². The summed E-state index contributed by atoms with van der Waals surface area (Å²) in [6.45, 7) is 5.46. The molecule has 30 heavy (non-hydrogen) atoms. The molecule has 0 saturated carbocycles. The number of nitrogens with zero attached hydrogens (tertiary/aromatic N) is 4. The molecule has 1 aromatic heterocycles. The summed E-state index contributed by atoms with van der Waals surface area (Å²) in [5.74, 6) is -0.262. The van der Waals surface area contributed by atoms with Crippen LogP contribution >= 0.6 is 0 Å². The zero-order valence-corrected chi connectivity index (χ0v) is 17.1. The molecular formula is C25H25FN4. The lowest BCUT2D eigenvalue weighted by atomic mass is 10.1. The molecule has 1 saturated heterocycles. The molecule has 5 rings (SSSR count). The molecule has 2 heterocycles. The van der Waals surface area contributed by atoms with E-state index in [4.69, 9.17) is 5.10 Å². The van der Waals surface area contributed by atoms with Crippen molar-refractivity contribution in [1.82, 2.24) is 19.6 Å². The average Bonchev–Trinajstić information content (AvgIpc) is 3.16. The number of likely N-dealkylation sites (N-methyl/N-ethyl adjacent to an activating group) is 1. The Bertz CT molecular complexity index is 1160. The highest BCUT2D eigenvalue weighted by Crippen LogP contribution is 2.30. The number of aromatic nitrogens is 2. The van der Waals surface area contributed by atoms with Crippen molar-refractivity contribution < 1.29 is 4.39 Å². The quantitative estimate of drug-likeness (QED) is 0.501. The normalized spacial score (nSPS) is 15.7. The van der Waals surface area contributed by atoms with Crippen LogP contribution in [0.25, 0.3) is 27.8 Å². The Morgan fingerprint density at radius 2 is 1.63 bits per heavy atom. The van der Waals surface area contributed by atoms with Crippen molar-refractivity contribution in [1.29, 1.82) is 0 Å². The van der Waals surface area contributed by atoms with Crippen molar-refractivity contribution in [2.75, 3.05) is 33.2 Å². The molecule has 0 atom stereocenters. The fourth-order valence-electron chi connectivity index (χ4n) is 4.12. The van der Waals surface area contributed by atoms with Crippen LogP contribution < -0.4 is 0 Å². The van der Waals surface area contributed by atoms with Crippen molar-refractivity contribution in [3.05, 3.63) is 84.2 Å². The molecule has 152 valence electrons. The lowest BCUT2D eigenvalue weighted by Gasteiger charge is -2.32. The van der Waals surface area contributed by atoms with Gasteiger partial charge >= 0.3 is 0 Å². The van der Waals surface area contributed by atoms with E-state index in [0.29, 0.717) is 0 Å². The molecule has 0 radical (unpaired) electrons. The third kappa shape index (κ3) is 3.74. The molecule has 4 nitrogen and oxygen atoms in total. The first-order valence-electron chi connectivity index (χ1n) is 10.4. The number of fused-ring (bicyclic) bond motifs is 1. The molecule has 0 amide bonds. The Morgan fingerprint density at radius 3 is 2.40 bits per heavy atom. The fraction of sp³-hybridized carbons (Fsp3) is 0.240. The van der Waals surface area contributed by atoms with Gasteiger partial charge in [0.1, 0.15) is 11.5 Å². The van der Waals surface area contributed by atoms with E-state index in [-0.39, 0.29) is 5.82 Å². The largest absolute Gasteiger partial charge is 0.304 e. The van der Waals surface area contributed by atoms with Crippen molar-refractivity contribution in [2.24, 2.45) is 0 Å². The molecule has 1 aliphatic heterocycles. The minimum atomic E-state index is -0.262. The van der Waals surface area contributed by atoms with E-state index in [1.807, 2.05) is 28.9 Å². The molecule has 1 fully saturated rings. The Hall–Kier alpha value is -3.02. The van der Waals surface area contributed by atoms with Gasteiger partial charge in [0.15, 0.2) is 0 Å². The maximum atomic E-state index is 13.8. The lowest BCUT2D eigenvalue weighted by molar-refractivity contribution is 0.148. The van der Waals surface area contributed by atoms with Crippen LogP contribution in [0.4, 0.5) is 4.39 Å². The van der Waals surface area contributed by atoms with Crippen LogP contribution in [0.15, 0.2) is 72.8 Å². The van der Waals surface area contributed by atoms with Gasteiger partial charge < -0.3 is 4.90 Å². The van der Waals surface area contributed by atoms with Gasteiger partial charge in [-0.05, 0) is 36.9 Å². The second kappa shape index (κ2) is 8.01. The van der Waals surface area contributed by atoms with Crippen molar-refractivity contribution in [3.8, 4) is 16.9 Å². The zero-order chi connectivity index (χ0) is 20.5. The first-order chi connectivity index (χ1) is 14.7. The van der Waals surface area contributed by atoms with Gasteiger partial charge in [-0.2, -0.15) is 5.10 Å². The number of piperazine rings is 1. The van der Waals surface area contributed by atoms with E-state index in [1.54, 1.807) is 6.07 Å². The summed E-state index contributed by atoms with van der Waals surface area (Å²) < 4.78 is 15.6. The Kier molecular flexibility index (Phi) is 5.07. The van der Waals surface area contributed by atoms with E-state index in [9.17, 15) is 4.39 Å². The van der Waals surface area contributed by atoms with Crippen molar-refractivity contribution in [3.63, 3.8) is 0 Å². The zero-order valence-electron chi connectivity index (χ0n) is 17.1. The van der Waals surface area contributed by atoms with Gasteiger partial charge in [-0.15, -0.1) is 0 Å². The fourth-order valence-corrected chi connectivity index (χ4v) is 4.12. The summed E-state index contributed by atoms with van der Waals surface area (Å²) in [4.78, 5) is 4.88. The first kappa shape index (κ1) is 19.0. The SMILES string of the molecule is CN1CCN(Cc2ccc(-c3nn(-c4cccc(F)c4)c4ccccc34)cc2)CC1. The van der Waals surface area contributed by atoms with Crippen LogP contribution in [0.3, 0.4) is 0 Å². The monoisotopic (exact) mass is 400 g/mol. The van der Waals surface area contributed by atoms with Crippen LogP contribution in [0.1, 0.15) is 5.56 Å². The van der Waals surface area contributed by atoms with Gasteiger partial charge in [0.2, 0.25) is 0 Å². The van der Waals surface area contributed by atoms with E-state index in [0.717, 1.165) is 60.6 Å². The second-order valence-electron chi connectivity index (χ2n) is 8.03. The lowest BCUT2D eigenvalue weighted by Crippen LogP contribution is -2.43. The molecule has 0 N–H and O–H groups in total. The van der Waals surface area contributed by atoms with Gasteiger partial charge in [0.25, 0.3) is 0 Å². The van der Waals surface area contributed by atoms with E-state index in [2.05, 4.69) is 47.2 Å². The van der Waals surface area contributed by atoms with Crippen molar-refractivity contribution >= 4 is 10.9 Å². The third-order valence-electron chi connectivity index (χ3n) is 5.87. The molecule has 0 unspecified atom stereocenters. The minimum Gasteiger partial charge on any atom is -0.304 e. The van der Waals surface area contributed by atoms with E-state index >= 15 is 0 Å². The van der Waals surface area contributed by atoms with Gasteiger partial charge in [0.05, 0.1) is 11.2 Å². The van der Waals surface area contributed by atoms with Crippen LogP contribution in [0.2, 0.25) is 0 Å². The Labute approximate surface area is 176 Å². The highest BCUT2D eigenvalue weighted by atomic mass is 19.1. The molecule has 1 aliphatic rings. The number of benzene rings is 3. The van der Waals surface area contributed by atoms with Crippen LogP contribution in [0.5, 0.6) is 0 Å². The highest BCUT2D eigenvalue weighted by Gasteiger charge is 2.16. The number of halogens is 1. The molecule has 0 aliphatic carbocycles. The maximum Gasteiger partial charge on any atom is 0.125 e. The Balaban J connectivity index is 1.46. The van der Waals surface area contributed by atoms with Gasteiger partial charge in [-0.3, -0.25) is 4.90 Å². The molecule has 0 spiro atoms. The van der Waals surface area contributed by atoms with E-state index in [1.165, 1.54) is 17.7 Å². The molecule has 5 heteroatoms. The first-order valence-corrected chi connectivity index (χ1v) is 10.4. The second-order valence-corrected chi connectivity index (χ2v) is 8.03. The standard InChI is InChI=1S/C25H25FN4/c1-28-13-15-29(16-14-28)18-19-9-11-20(12-10-19)25-23-7-2-3-8-24(23)30(27-25)22-6-4-5-21(26)17-22/h2-12,17H,13-16,18H2,1H3. The smallest absolute Gasteiger partial charge is 0.125 e. The van der Waals surface area contributed by atoms with Gasteiger partial charge in [-0.25, -0.2) is 9.07 Å². The predicted molar refractivity (Wildman–Crippen MR) is 119 cm³/mol. The molecular weight excluding hydrogens is 375 g/mol. The molecule has 4 aromatic rings. The predicted octanol–water partition coefficient (Wildman–Crippen LogP) is 4.58. The van der Waals surface area contributed by atoms with E-state index < -0.39 is 0 Å². The van der Waals surface area contributed by atoms with Gasteiger partial charge in [0, 0.05) is 43.7 Å². The number of rotatable bonds is 4. The summed E-state index contributed by atoms with van der Waals surface area (Å²) in [5.41, 5.74) is 5.01. The summed E-state index contributed by atoms with van der Waals surface area (Å²) in [6.07, 6.45) is 0. The molecule has 0 bridgehead atoms. The highest BCUT2D eigenvalue weighted by molar-refractivity contribution is 5.94. The maximum absolute atomic E-state index is 13.8. The van der Waals surface area contributed by atoms with Crippen molar-refractivity contribution in [2.45, 2.75) is 6.54 Å². The summed E-state index contributed by atoms with van der Waals surface area (Å²) in [7, 11) is 2.18. The summed E-state index contributed by atoms with van der Waals surface area (Å²) in [6, 6.07) is 23.4. The third-order valence-corrected chi connectivity index (χ3v) is 5.87. The number of para-hydroxylation sites is 1. The summed E-state index contributed by atoms with van der Waals surface area (Å²) in [5, 5.41) is 5.92. The average molecular weight is 401 g/mol. The van der Waals surface area contributed by atoms with Gasteiger partial charge in [-0.1, -0.05) is 48.5 Å². The number of hydrogen-bond acceptors (Lipinski definition) is 3. The number of hydrogen-bond donors (Lipinski definition) is 0. The van der Waals surface area contributed by atoms with Crippen LogP contribution in [-0.2, 0) is 6.54 Å². The van der Waals surface area contributed by atoms with Crippen LogP contribution in [0, 0.1) is 5.82 Å². The van der Waals surface area contributed by atoms with Crippen LogP contribution in [-0.4, -0.2) is 52.8 Å². The molecule has 3 aromatic carbocycles. The summed E-state index contributed by atoms with van der Waals surface area (Å²) >= 11 is 0.